The van der Waals surface area contributed by atoms with Gasteiger partial charge in [0.15, 0.2) is 0 Å². The number of carbonyl (C=O) groups is 2. The Kier molecular flexibility index (Phi) is 11.8. The van der Waals surface area contributed by atoms with Crippen molar-refractivity contribution in [1.29, 1.82) is 0 Å². The zero-order valence-electron chi connectivity index (χ0n) is 34.5. The first-order valence-electron chi connectivity index (χ1n) is 20.9. The number of nitrogens with one attached hydrogen (secondary N) is 3. The first kappa shape index (κ1) is 41.6. The van der Waals surface area contributed by atoms with Gasteiger partial charge in [0.1, 0.15) is 23.3 Å². The molecule has 2 saturated heterocycles. The van der Waals surface area contributed by atoms with Crippen LogP contribution < -0.4 is 25.8 Å². The summed E-state index contributed by atoms with van der Waals surface area (Å²) in [5, 5.41) is 8.83. The number of rotatable bonds is 8. The molecular weight excluding hydrogens is 813 g/mol. The van der Waals surface area contributed by atoms with Crippen molar-refractivity contribution >= 4 is 23.2 Å². The summed E-state index contributed by atoms with van der Waals surface area (Å²) in [6.07, 6.45) is 4.41. The van der Waals surface area contributed by atoms with Crippen LogP contribution in [0.5, 0.6) is 0 Å². The van der Waals surface area contributed by atoms with E-state index in [4.69, 9.17) is 0 Å². The third-order valence-electron chi connectivity index (χ3n) is 11.8. The summed E-state index contributed by atoms with van der Waals surface area (Å²) >= 11 is 0. The number of hydrogen-bond donors (Lipinski definition) is 3. The molecule has 4 aliphatic heterocycles. The van der Waals surface area contributed by atoms with E-state index >= 15 is 0 Å². The van der Waals surface area contributed by atoms with Crippen LogP contribution in [0.2, 0.25) is 0 Å². The van der Waals surface area contributed by atoms with Crippen LogP contribution in [0.4, 0.5) is 28.9 Å². The van der Waals surface area contributed by atoms with E-state index in [1.807, 2.05) is 36.7 Å². The maximum absolute atomic E-state index is 14.4. The van der Waals surface area contributed by atoms with Crippen LogP contribution in [0.1, 0.15) is 54.6 Å². The average molecular weight is 857 g/mol. The predicted molar refractivity (Wildman–Crippen MR) is 230 cm³/mol. The quantitative estimate of drug-likeness (QED) is 0.165. The number of anilines is 2. The Morgan fingerprint density at radius 2 is 0.984 bits per heavy atom. The zero-order valence-corrected chi connectivity index (χ0v) is 34.5. The fourth-order valence-electron chi connectivity index (χ4n) is 8.44. The van der Waals surface area contributed by atoms with E-state index in [0.717, 1.165) is 75.1 Å². The molecule has 63 heavy (non-hydrogen) atoms. The highest BCUT2D eigenvalue weighted by atomic mass is 19.1. The van der Waals surface area contributed by atoms with Gasteiger partial charge in [0, 0.05) is 76.6 Å². The third-order valence-corrected chi connectivity index (χ3v) is 11.8. The number of amides is 2. The molecule has 0 unspecified atom stereocenters. The Morgan fingerprint density at radius 1 is 0.556 bits per heavy atom. The van der Waals surface area contributed by atoms with E-state index in [-0.39, 0.29) is 47.4 Å². The van der Waals surface area contributed by atoms with Crippen LogP contribution in [-0.2, 0) is 25.9 Å². The van der Waals surface area contributed by atoms with Gasteiger partial charge >= 0.3 is 0 Å². The number of pyridine rings is 4. The van der Waals surface area contributed by atoms with Crippen molar-refractivity contribution in [2.75, 3.05) is 69.2 Å². The van der Waals surface area contributed by atoms with Crippen molar-refractivity contribution in [1.82, 2.24) is 40.8 Å². The van der Waals surface area contributed by atoms with E-state index in [9.17, 15) is 27.2 Å². The van der Waals surface area contributed by atoms with Gasteiger partial charge in [-0.15, -0.1) is 0 Å². The van der Waals surface area contributed by atoms with E-state index < -0.39 is 23.3 Å². The second kappa shape index (κ2) is 17.9. The smallest absolute Gasteiger partial charge is 0.253 e. The van der Waals surface area contributed by atoms with Gasteiger partial charge in [-0.1, -0.05) is 12.1 Å². The predicted octanol–water partition coefficient (Wildman–Crippen LogP) is 5.67. The highest BCUT2D eigenvalue weighted by Gasteiger charge is 2.29. The molecule has 322 valence electrons. The van der Waals surface area contributed by atoms with Gasteiger partial charge in [-0.25, -0.2) is 27.5 Å². The Hall–Kier alpha value is -6.78. The highest BCUT2D eigenvalue weighted by molar-refractivity contribution is 6.00. The lowest BCUT2D eigenvalue weighted by Gasteiger charge is -2.33. The summed E-state index contributed by atoms with van der Waals surface area (Å²) < 4.78 is 57.5. The van der Waals surface area contributed by atoms with Crippen LogP contribution in [0, 0.1) is 23.3 Å². The Balaban J connectivity index is 0.000000160. The van der Waals surface area contributed by atoms with Crippen molar-refractivity contribution in [3.8, 4) is 22.5 Å². The largest absolute Gasteiger partial charge is 0.368 e. The lowest BCUT2D eigenvalue weighted by Crippen LogP contribution is -2.44. The molecule has 0 aliphatic carbocycles. The van der Waals surface area contributed by atoms with Crippen molar-refractivity contribution in [3.05, 3.63) is 153 Å². The van der Waals surface area contributed by atoms with Crippen LogP contribution in [-0.4, -0.2) is 96.1 Å². The van der Waals surface area contributed by atoms with Crippen LogP contribution in [0.25, 0.3) is 22.5 Å². The van der Waals surface area contributed by atoms with Crippen LogP contribution in [0.15, 0.2) is 85.2 Å². The number of aromatic nitrogens is 4. The Labute approximate surface area is 361 Å². The van der Waals surface area contributed by atoms with E-state index in [1.54, 1.807) is 12.1 Å². The molecule has 2 aromatic carbocycles. The minimum atomic E-state index is -0.686. The molecule has 8 heterocycles. The molecule has 16 heteroatoms. The van der Waals surface area contributed by atoms with Gasteiger partial charge in [-0.2, -0.15) is 0 Å². The van der Waals surface area contributed by atoms with Crippen LogP contribution >= 0.6 is 0 Å². The fourth-order valence-corrected chi connectivity index (χ4v) is 8.44. The summed E-state index contributed by atoms with van der Waals surface area (Å²) in [5.41, 5.74) is 6.89. The molecule has 10 rings (SSSR count). The van der Waals surface area contributed by atoms with E-state index in [0.29, 0.717) is 46.5 Å². The molecule has 0 saturated carbocycles. The summed E-state index contributed by atoms with van der Waals surface area (Å²) in [6.45, 7) is 8.13. The fraction of sp³-hybridized carbons (Fsp3) is 0.277. The lowest BCUT2D eigenvalue weighted by atomic mass is 9.98. The first-order chi connectivity index (χ1) is 30.6. The van der Waals surface area contributed by atoms with Gasteiger partial charge < -0.3 is 30.7 Å². The third kappa shape index (κ3) is 8.81. The molecular formula is C47H44F4N10O2. The van der Waals surface area contributed by atoms with Gasteiger partial charge in [0.2, 0.25) is 0 Å². The summed E-state index contributed by atoms with van der Waals surface area (Å²) in [6, 6.07) is 18.6. The molecule has 0 spiro atoms. The van der Waals surface area contributed by atoms with Crippen molar-refractivity contribution in [3.63, 3.8) is 0 Å². The zero-order chi connectivity index (χ0) is 43.6. The minimum Gasteiger partial charge on any atom is -0.368 e. The van der Waals surface area contributed by atoms with E-state index in [2.05, 4.69) is 57.6 Å². The number of likely N-dealkylation sites (N-methyl/N-ethyl adjacent to an activating group) is 1. The molecule has 2 amide bonds. The molecule has 6 aromatic rings. The summed E-state index contributed by atoms with van der Waals surface area (Å²) in [7, 11) is 2.11. The van der Waals surface area contributed by atoms with Gasteiger partial charge in [-0.05, 0) is 78.8 Å². The van der Waals surface area contributed by atoms with Crippen LogP contribution in [0.3, 0.4) is 0 Å². The first-order valence-corrected chi connectivity index (χ1v) is 20.9. The second-order valence-corrected chi connectivity index (χ2v) is 15.9. The minimum absolute atomic E-state index is 0.179. The molecule has 0 atom stereocenters. The number of carbonyl (C=O) groups excluding carboxylic acids is 2. The number of hydrogen-bond acceptors (Lipinski definition) is 10. The van der Waals surface area contributed by atoms with Crippen molar-refractivity contribution in [2.45, 2.75) is 25.9 Å². The standard InChI is InChI=1S/C24H23F2N5O.C23H21F2N5O/c1-30-7-9-31(10-8-30)17-6-5-16(27-13-17)11-15-12-20(23-18(25)3-2-4-19(23)26)29-21-14-28-24(32)22(15)21;24-17-2-1-3-18(25)22(17)19-11-14(21-20(29-19)13-28-23(21)31)10-15-4-5-16(12-27-15)30-8-6-26-7-9-30/h2-6,12-13H,7-11,14H2,1H3,(H,28,32);1-5,11-12,26H,6-10,13H2,(H,28,31). The summed E-state index contributed by atoms with van der Waals surface area (Å²) in [4.78, 5) is 49.6. The summed E-state index contributed by atoms with van der Waals surface area (Å²) in [5.74, 6) is -3.19. The number of piperazine rings is 2. The van der Waals surface area contributed by atoms with Gasteiger partial charge in [-0.3, -0.25) is 19.6 Å². The lowest BCUT2D eigenvalue weighted by molar-refractivity contribution is 0.0957. The number of nitrogens with zero attached hydrogens (tertiary/aromatic N) is 7. The average Bonchev–Trinajstić information content (AvgIpc) is 3.86. The molecule has 0 radical (unpaired) electrons. The monoisotopic (exact) mass is 856 g/mol. The highest BCUT2D eigenvalue weighted by Crippen LogP contribution is 2.32. The van der Waals surface area contributed by atoms with Gasteiger partial charge in [0.25, 0.3) is 11.8 Å². The van der Waals surface area contributed by atoms with Crippen molar-refractivity contribution in [2.24, 2.45) is 0 Å². The maximum Gasteiger partial charge on any atom is 0.253 e. The van der Waals surface area contributed by atoms with E-state index in [1.165, 1.54) is 36.4 Å². The number of fused-ring (bicyclic) bond motifs is 2. The number of benzene rings is 2. The molecule has 12 nitrogen and oxygen atoms in total. The Bertz CT molecular complexity index is 2650. The number of halogens is 4. The normalized spacial score (nSPS) is 16.0. The molecule has 4 aromatic heterocycles. The molecule has 4 aliphatic rings. The topological polar surface area (TPSA) is 132 Å². The van der Waals surface area contributed by atoms with Crippen molar-refractivity contribution < 1.29 is 27.2 Å². The van der Waals surface area contributed by atoms with Gasteiger partial charge in [0.05, 0.1) is 81.9 Å². The molecule has 2 fully saturated rings. The Morgan fingerprint density at radius 3 is 1.40 bits per heavy atom. The maximum atomic E-state index is 14.4. The second-order valence-electron chi connectivity index (χ2n) is 15.9. The molecule has 3 N–H and O–H groups in total. The SMILES string of the molecule is CN1CCN(c2ccc(Cc3cc(-c4c(F)cccc4F)nc4c3C(=O)NC4)nc2)CC1.O=C1NCc2nc(-c3c(F)cccc3F)cc(Cc3ccc(N4CCNCC4)cn3)c21. The molecule has 0 bridgehead atoms.